The molecule has 0 radical (unpaired) electrons. The summed E-state index contributed by atoms with van der Waals surface area (Å²) < 4.78 is 5.08. The average Bonchev–Trinajstić information content (AvgIpc) is 3.33. The minimum absolute atomic E-state index is 0.0639. The van der Waals surface area contributed by atoms with E-state index in [1.807, 2.05) is 37.1 Å². The first-order valence-electron chi connectivity index (χ1n) is 11.1. The number of anilines is 2. The number of likely N-dealkylation sites (tertiary alicyclic amines) is 1. The number of benzene rings is 1. The molecule has 1 saturated heterocycles. The molecule has 5 heterocycles. The van der Waals surface area contributed by atoms with Crippen LogP contribution in [0, 0.1) is 13.8 Å². The van der Waals surface area contributed by atoms with Gasteiger partial charge in [0.05, 0.1) is 11.2 Å². The van der Waals surface area contributed by atoms with Gasteiger partial charge < -0.3 is 14.6 Å². The summed E-state index contributed by atoms with van der Waals surface area (Å²) >= 11 is 0. The molecular formula is C24H23N7O3. The topological polar surface area (TPSA) is 120 Å². The number of H-pyrrole nitrogens is 1. The minimum atomic E-state index is -0.524. The second kappa shape index (κ2) is 7.77. The zero-order chi connectivity index (χ0) is 23.4. The van der Waals surface area contributed by atoms with Gasteiger partial charge in [-0.3, -0.25) is 14.7 Å². The largest absolute Gasteiger partial charge is 0.417 e. The van der Waals surface area contributed by atoms with Crippen molar-refractivity contribution in [3.63, 3.8) is 0 Å². The maximum absolute atomic E-state index is 12.9. The molecule has 0 unspecified atom stereocenters. The zero-order valence-corrected chi connectivity index (χ0v) is 18.8. The number of fused-ring (bicyclic) bond motifs is 2. The van der Waals surface area contributed by atoms with E-state index >= 15 is 0 Å². The number of oxazole rings is 1. The predicted molar refractivity (Wildman–Crippen MR) is 125 cm³/mol. The van der Waals surface area contributed by atoms with Crippen molar-refractivity contribution in [2.45, 2.75) is 33.0 Å². The van der Waals surface area contributed by atoms with Crippen LogP contribution in [0.5, 0.6) is 0 Å². The molecule has 0 saturated carbocycles. The van der Waals surface area contributed by atoms with Crippen LogP contribution in [0.3, 0.4) is 0 Å². The summed E-state index contributed by atoms with van der Waals surface area (Å²) in [6.07, 6.45) is 1.87. The van der Waals surface area contributed by atoms with Crippen LogP contribution in [-0.4, -0.2) is 54.8 Å². The van der Waals surface area contributed by atoms with Gasteiger partial charge in [-0.2, -0.15) is 0 Å². The lowest BCUT2D eigenvalue weighted by atomic mass is 10.0. The lowest BCUT2D eigenvalue weighted by Gasteiger charge is -2.43. The van der Waals surface area contributed by atoms with Gasteiger partial charge in [-0.05, 0) is 49.7 Å². The van der Waals surface area contributed by atoms with E-state index in [1.54, 1.807) is 18.2 Å². The SMILES string of the molecule is Cc1cc(C)nc(Nc2ncc3c(n2)CN(C2CN(C(=O)c4ccc5[nH]c(=O)oc5c4)C2)C3)c1. The Kier molecular flexibility index (Phi) is 4.70. The molecular weight excluding hydrogens is 434 g/mol. The second-order valence-electron chi connectivity index (χ2n) is 8.96. The molecule has 0 spiro atoms. The standard InChI is InChI=1S/C24H23N7O3/c1-13-5-14(2)26-21(6-13)29-23-25-8-16-9-30(12-19(16)27-23)17-10-31(11-17)22(32)15-3-4-18-20(7-15)34-24(33)28-18/h3-8,17H,9-12H2,1-2H3,(H,28,33)(H,25,26,27,29). The first kappa shape index (κ1) is 20.5. The number of pyridine rings is 1. The highest BCUT2D eigenvalue weighted by atomic mass is 16.4. The van der Waals surface area contributed by atoms with E-state index in [4.69, 9.17) is 9.40 Å². The number of hydrogen-bond donors (Lipinski definition) is 2. The van der Waals surface area contributed by atoms with Crippen LogP contribution < -0.4 is 11.1 Å². The van der Waals surface area contributed by atoms with E-state index in [1.165, 1.54) is 0 Å². The number of nitrogens with zero attached hydrogens (tertiary/aromatic N) is 5. The molecule has 34 heavy (non-hydrogen) atoms. The van der Waals surface area contributed by atoms with E-state index in [9.17, 15) is 9.59 Å². The molecule has 3 aromatic heterocycles. The minimum Gasteiger partial charge on any atom is -0.408 e. The molecule has 1 fully saturated rings. The monoisotopic (exact) mass is 457 g/mol. The van der Waals surface area contributed by atoms with Crippen molar-refractivity contribution in [2.75, 3.05) is 18.4 Å². The third kappa shape index (κ3) is 3.71. The highest BCUT2D eigenvalue weighted by Crippen LogP contribution is 2.28. The summed E-state index contributed by atoms with van der Waals surface area (Å²) in [6, 6.07) is 9.28. The molecule has 1 amide bonds. The lowest BCUT2D eigenvalue weighted by molar-refractivity contribution is 0.0249. The van der Waals surface area contributed by atoms with Gasteiger partial charge in [0.1, 0.15) is 5.82 Å². The Morgan fingerprint density at radius 2 is 2.00 bits per heavy atom. The Hall–Kier alpha value is -4.05. The Bertz CT molecular complexity index is 1470. The number of nitrogens with one attached hydrogen (secondary N) is 2. The Labute approximate surface area is 194 Å². The smallest absolute Gasteiger partial charge is 0.408 e. The Morgan fingerprint density at radius 3 is 2.82 bits per heavy atom. The molecule has 2 aliphatic rings. The predicted octanol–water partition coefficient (Wildman–Crippen LogP) is 2.51. The van der Waals surface area contributed by atoms with Crippen LogP contribution >= 0.6 is 0 Å². The summed E-state index contributed by atoms with van der Waals surface area (Å²) in [5, 5.41) is 3.21. The van der Waals surface area contributed by atoms with Crippen LogP contribution in [-0.2, 0) is 13.1 Å². The number of aromatic nitrogens is 4. The molecule has 0 bridgehead atoms. The third-order valence-corrected chi connectivity index (χ3v) is 6.35. The van der Waals surface area contributed by atoms with Crippen LogP contribution in [0.25, 0.3) is 11.1 Å². The molecule has 10 nitrogen and oxygen atoms in total. The van der Waals surface area contributed by atoms with Crippen molar-refractivity contribution in [1.82, 2.24) is 29.7 Å². The van der Waals surface area contributed by atoms with Gasteiger partial charge in [-0.1, -0.05) is 0 Å². The Morgan fingerprint density at radius 1 is 1.15 bits per heavy atom. The first-order chi connectivity index (χ1) is 16.4. The van der Waals surface area contributed by atoms with Gasteiger partial charge in [-0.25, -0.2) is 19.7 Å². The van der Waals surface area contributed by atoms with E-state index in [0.717, 1.165) is 41.4 Å². The van der Waals surface area contributed by atoms with Gasteiger partial charge >= 0.3 is 5.76 Å². The number of rotatable bonds is 4. The van der Waals surface area contributed by atoms with E-state index in [-0.39, 0.29) is 11.9 Å². The quantitative estimate of drug-likeness (QED) is 0.480. The second-order valence-corrected chi connectivity index (χ2v) is 8.96. The molecule has 0 aliphatic carbocycles. The van der Waals surface area contributed by atoms with Crippen molar-refractivity contribution >= 4 is 28.8 Å². The fourth-order valence-corrected chi connectivity index (χ4v) is 4.63. The highest BCUT2D eigenvalue weighted by Gasteiger charge is 2.38. The number of carbonyl (C=O) groups is 1. The van der Waals surface area contributed by atoms with Crippen LogP contribution in [0.2, 0.25) is 0 Å². The number of amides is 1. The first-order valence-corrected chi connectivity index (χ1v) is 11.1. The summed E-state index contributed by atoms with van der Waals surface area (Å²) in [4.78, 5) is 44.6. The van der Waals surface area contributed by atoms with Crippen molar-refractivity contribution < 1.29 is 9.21 Å². The van der Waals surface area contributed by atoms with Gasteiger partial charge in [0.15, 0.2) is 5.58 Å². The molecule has 10 heteroatoms. The van der Waals surface area contributed by atoms with Crippen LogP contribution in [0.1, 0.15) is 32.9 Å². The van der Waals surface area contributed by atoms with Gasteiger partial charge in [0, 0.05) is 55.2 Å². The summed E-state index contributed by atoms with van der Waals surface area (Å²) in [5.74, 6) is 0.683. The highest BCUT2D eigenvalue weighted by molar-refractivity contribution is 5.97. The van der Waals surface area contributed by atoms with Crippen molar-refractivity contribution in [3.8, 4) is 0 Å². The Balaban J connectivity index is 1.09. The maximum Gasteiger partial charge on any atom is 0.417 e. The summed E-state index contributed by atoms with van der Waals surface area (Å²) in [6.45, 7) is 6.78. The zero-order valence-electron chi connectivity index (χ0n) is 18.8. The molecule has 172 valence electrons. The molecule has 4 aromatic rings. The maximum atomic E-state index is 12.9. The molecule has 6 rings (SSSR count). The third-order valence-electron chi connectivity index (χ3n) is 6.35. The normalized spacial score (nSPS) is 16.0. The fraction of sp³-hybridized carbons (Fsp3) is 0.292. The van der Waals surface area contributed by atoms with Crippen LogP contribution in [0.4, 0.5) is 11.8 Å². The van der Waals surface area contributed by atoms with E-state index in [2.05, 4.69) is 25.2 Å². The molecule has 1 aromatic carbocycles. The van der Waals surface area contributed by atoms with Gasteiger partial charge in [-0.15, -0.1) is 0 Å². The summed E-state index contributed by atoms with van der Waals surface area (Å²) in [7, 11) is 0. The van der Waals surface area contributed by atoms with Gasteiger partial charge in [0.25, 0.3) is 5.91 Å². The van der Waals surface area contributed by atoms with Crippen molar-refractivity contribution in [3.05, 3.63) is 75.2 Å². The number of hydrogen-bond acceptors (Lipinski definition) is 8. The summed E-state index contributed by atoms with van der Waals surface area (Å²) in [5.41, 5.74) is 5.67. The van der Waals surface area contributed by atoms with Crippen LogP contribution in [0.15, 0.2) is 45.7 Å². The van der Waals surface area contributed by atoms with E-state index < -0.39 is 5.76 Å². The van der Waals surface area contributed by atoms with Crippen molar-refractivity contribution in [1.29, 1.82) is 0 Å². The molecule has 2 aliphatic heterocycles. The van der Waals surface area contributed by atoms with E-state index in [0.29, 0.717) is 35.7 Å². The number of carbonyl (C=O) groups excluding carboxylic acids is 1. The lowest BCUT2D eigenvalue weighted by Crippen LogP contribution is -2.59. The van der Waals surface area contributed by atoms with Crippen molar-refractivity contribution in [2.24, 2.45) is 0 Å². The molecule has 0 atom stereocenters. The molecule has 2 N–H and O–H groups in total. The average molecular weight is 457 g/mol. The number of aromatic amines is 1. The number of aryl methyl sites for hydroxylation is 2. The van der Waals surface area contributed by atoms with Gasteiger partial charge in [0.2, 0.25) is 5.95 Å². The fourth-order valence-electron chi connectivity index (χ4n) is 4.63.